The Labute approximate surface area is 116 Å². The zero-order valence-corrected chi connectivity index (χ0v) is 12.3. The number of hydrogen-bond donors (Lipinski definition) is 2. The van der Waals surface area contributed by atoms with E-state index in [-0.39, 0.29) is 24.6 Å². The summed E-state index contributed by atoms with van der Waals surface area (Å²) in [5, 5.41) is 9.62. The van der Waals surface area contributed by atoms with Crippen LogP contribution in [-0.2, 0) is 3.42 Å². The van der Waals surface area contributed by atoms with Crippen LogP contribution < -0.4 is 26.9 Å². The van der Waals surface area contributed by atoms with Gasteiger partial charge >= 0.3 is 116 Å². The quantitative estimate of drug-likeness (QED) is 0.467. The van der Waals surface area contributed by atoms with Gasteiger partial charge in [-0.3, -0.25) is 0 Å². The molecule has 18 heavy (non-hydrogen) atoms. The summed E-state index contributed by atoms with van der Waals surface area (Å²) in [6, 6.07) is 5.47. The average Bonchev–Trinajstić information content (AvgIpc) is 2.27. The fourth-order valence-corrected chi connectivity index (χ4v) is 5.72. The van der Waals surface area contributed by atoms with Crippen LogP contribution in [0.1, 0.15) is 19.4 Å². The molecule has 94 valence electrons. The third-order valence-electron chi connectivity index (χ3n) is 3.02. The summed E-state index contributed by atoms with van der Waals surface area (Å²) in [4.78, 5) is 8.51. The molecule has 1 aliphatic heterocycles. The van der Waals surface area contributed by atoms with Crippen LogP contribution in [0.25, 0.3) is 11.3 Å². The normalized spacial score (nSPS) is 16.3. The number of rotatable bonds is 0. The molecule has 3 rings (SSSR count). The number of nitrogens with zero attached hydrogens (tertiary/aromatic N) is 2. The number of aromatic hydroxyl groups is 1. The molecule has 3 N–H and O–H groups in total. The van der Waals surface area contributed by atoms with Gasteiger partial charge in [0, 0.05) is 0 Å². The van der Waals surface area contributed by atoms with Gasteiger partial charge in [-0.25, -0.2) is 0 Å². The van der Waals surface area contributed by atoms with Gasteiger partial charge in [0.1, 0.15) is 0 Å². The van der Waals surface area contributed by atoms with Gasteiger partial charge < -0.3 is 0 Å². The number of phenolic OH excluding ortho intramolecular Hbond substituents is 1. The van der Waals surface area contributed by atoms with Crippen LogP contribution in [0.3, 0.4) is 0 Å². The fourth-order valence-electron chi connectivity index (χ4n) is 2.27. The standard InChI is InChI=1S/C13H13IN3O/c1-13(2)10-11(16-6-17-12(10)15)8-4-3-7(18)5-9(8)14-13/h3-6,18H,1-2H3,(H2,15,16,17)/q-1. The predicted molar refractivity (Wildman–Crippen MR) is 65.3 cm³/mol. The van der Waals surface area contributed by atoms with E-state index in [0.29, 0.717) is 11.6 Å². The predicted octanol–water partition coefficient (Wildman–Crippen LogP) is -1.06. The maximum atomic E-state index is 9.62. The molecule has 4 nitrogen and oxygen atoms in total. The van der Waals surface area contributed by atoms with E-state index in [1.54, 1.807) is 6.07 Å². The number of alkyl halides is 1. The third-order valence-corrected chi connectivity index (χ3v) is 6.38. The zero-order chi connectivity index (χ0) is 12.9. The number of aromatic nitrogens is 2. The van der Waals surface area contributed by atoms with Gasteiger partial charge in [-0.15, -0.1) is 0 Å². The van der Waals surface area contributed by atoms with Crippen LogP contribution in [0.5, 0.6) is 5.75 Å². The number of phenols is 1. The number of nitrogens with two attached hydrogens (primary N) is 1. The maximum absolute atomic E-state index is 9.62. The summed E-state index contributed by atoms with van der Waals surface area (Å²) in [6.45, 7) is 4.34. The van der Waals surface area contributed by atoms with Gasteiger partial charge in [0.05, 0.1) is 0 Å². The van der Waals surface area contributed by atoms with Crippen LogP contribution in [0.2, 0.25) is 0 Å². The summed E-state index contributed by atoms with van der Waals surface area (Å²) >= 11 is -0.294. The van der Waals surface area contributed by atoms with Crippen molar-refractivity contribution in [2.45, 2.75) is 17.3 Å². The van der Waals surface area contributed by atoms with Gasteiger partial charge in [0.15, 0.2) is 0 Å². The number of nitrogen functional groups attached to an aromatic ring is 1. The first-order chi connectivity index (χ1) is 8.49. The third kappa shape index (κ3) is 1.65. The Morgan fingerprint density at radius 3 is 2.83 bits per heavy atom. The van der Waals surface area contributed by atoms with E-state index in [2.05, 4.69) is 23.8 Å². The zero-order valence-electron chi connectivity index (χ0n) is 10.1. The molecule has 1 aliphatic rings. The topological polar surface area (TPSA) is 72.0 Å². The molecule has 0 atom stereocenters. The molecule has 1 aromatic heterocycles. The molecule has 0 bridgehead atoms. The van der Waals surface area contributed by atoms with Crippen LogP contribution in [-0.4, -0.2) is 15.1 Å². The Hall–Kier alpha value is -1.37. The second-order valence-corrected chi connectivity index (χ2v) is 9.11. The van der Waals surface area contributed by atoms with Crippen molar-refractivity contribution in [3.05, 3.63) is 33.7 Å². The van der Waals surface area contributed by atoms with E-state index in [9.17, 15) is 5.11 Å². The number of halogens is 1. The monoisotopic (exact) mass is 354 g/mol. The summed E-state index contributed by atoms with van der Waals surface area (Å²) < 4.78 is 1.20. The molecule has 2 aromatic rings. The summed E-state index contributed by atoms with van der Waals surface area (Å²) in [6.07, 6.45) is 1.50. The molecule has 0 spiro atoms. The van der Waals surface area contributed by atoms with Crippen molar-refractivity contribution in [2.75, 3.05) is 5.73 Å². The molecular formula is C13H13IN3O-. The number of hydrogen-bond acceptors (Lipinski definition) is 4. The second kappa shape index (κ2) is 3.81. The van der Waals surface area contributed by atoms with Crippen molar-refractivity contribution in [3.63, 3.8) is 0 Å². The molecule has 1 aromatic carbocycles. The summed E-state index contributed by atoms with van der Waals surface area (Å²) in [5.74, 6) is 0.887. The molecule has 0 radical (unpaired) electrons. The van der Waals surface area contributed by atoms with Crippen molar-refractivity contribution >= 4 is 5.82 Å². The second-order valence-electron chi connectivity index (χ2n) is 4.71. The van der Waals surface area contributed by atoms with Gasteiger partial charge in [-0.1, -0.05) is 0 Å². The Kier molecular flexibility index (Phi) is 2.48. The number of anilines is 1. The first kappa shape index (κ1) is 11.7. The molecule has 5 heteroatoms. The van der Waals surface area contributed by atoms with Gasteiger partial charge in [-0.05, 0) is 0 Å². The minimum absolute atomic E-state index is 0.0135. The molecule has 0 fully saturated rings. The van der Waals surface area contributed by atoms with Crippen LogP contribution >= 0.6 is 0 Å². The SMILES string of the molecule is CC1(C)[I-]c2cc(O)ccc2-c2ncnc(N)c21. The van der Waals surface area contributed by atoms with E-state index >= 15 is 0 Å². The molecule has 0 amide bonds. The van der Waals surface area contributed by atoms with Crippen molar-refractivity contribution in [1.29, 1.82) is 0 Å². The first-order valence-electron chi connectivity index (χ1n) is 5.59. The fraction of sp³-hybridized carbons (Fsp3) is 0.231. The Morgan fingerprint density at radius 2 is 2.06 bits per heavy atom. The van der Waals surface area contributed by atoms with Crippen LogP contribution in [0.15, 0.2) is 24.5 Å². The summed E-state index contributed by atoms with van der Waals surface area (Å²) in [5.41, 5.74) is 9.07. The van der Waals surface area contributed by atoms with E-state index in [1.807, 2.05) is 12.1 Å². The minimum atomic E-state index is -0.294. The Morgan fingerprint density at radius 1 is 1.28 bits per heavy atom. The van der Waals surface area contributed by atoms with Crippen molar-refractivity contribution < 1.29 is 26.3 Å². The van der Waals surface area contributed by atoms with Crippen LogP contribution in [0.4, 0.5) is 5.82 Å². The van der Waals surface area contributed by atoms with E-state index in [1.165, 1.54) is 9.90 Å². The van der Waals surface area contributed by atoms with E-state index in [0.717, 1.165) is 16.8 Å². The molecular weight excluding hydrogens is 341 g/mol. The summed E-state index contributed by atoms with van der Waals surface area (Å²) in [7, 11) is 0. The van der Waals surface area contributed by atoms with E-state index < -0.39 is 0 Å². The van der Waals surface area contributed by atoms with Gasteiger partial charge in [0.25, 0.3) is 0 Å². The van der Waals surface area contributed by atoms with Gasteiger partial charge in [-0.2, -0.15) is 0 Å². The number of benzene rings is 1. The van der Waals surface area contributed by atoms with Crippen molar-refractivity contribution in [1.82, 2.24) is 9.97 Å². The molecule has 0 unspecified atom stereocenters. The number of fused-ring (bicyclic) bond motifs is 3. The molecule has 0 saturated carbocycles. The molecule has 0 saturated heterocycles. The van der Waals surface area contributed by atoms with Crippen molar-refractivity contribution in [2.24, 2.45) is 0 Å². The Balaban J connectivity index is 2.35. The average molecular weight is 354 g/mol. The first-order valence-corrected chi connectivity index (χ1v) is 7.75. The Bertz CT molecular complexity index is 640. The molecule has 0 aliphatic carbocycles. The van der Waals surface area contributed by atoms with Crippen molar-refractivity contribution in [3.8, 4) is 17.0 Å². The van der Waals surface area contributed by atoms with Crippen LogP contribution in [0, 0.1) is 3.57 Å². The van der Waals surface area contributed by atoms with Gasteiger partial charge in [0.2, 0.25) is 0 Å². The van der Waals surface area contributed by atoms with E-state index in [4.69, 9.17) is 5.73 Å². The molecule has 2 heterocycles.